The summed E-state index contributed by atoms with van der Waals surface area (Å²) in [6, 6.07) is 8.26. The highest BCUT2D eigenvalue weighted by molar-refractivity contribution is 6.30. The molecule has 7 atom stereocenters. The molecule has 1 spiro atoms. The lowest BCUT2D eigenvalue weighted by Gasteiger charge is -2.57. The highest BCUT2D eigenvalue weighted by Crippen LogP contribution is 2.63. The Morgan fingerprint density at radius 1 is 1.19 bits per heavy atom. The summed E-state index contributed by atoms with van der Waals surface area (Å²) in [6.45, 7) is 5.33. The molecule has 3 nitrogen and oxygen atoms in total. The molecule has 0 aromatic heterocycles. The number of hydrogen-bond donors (Lipinski definition) is 0. The van der Waals surface area contributed by atoms with Crippen molar-refractivity contribution in [2.24, 2.45) is 23.7 Å². The Morgan fingerprint density at radius 2 is 2.07 bits per heavy atom. The smallest absolute Gasteiger partial charge is 0.190 e. The van der Waals surface area contributed by atoms with Crippen molar-refractivity contribution >= 4 is 11.6 Å². The summed E-state index contributed by atoms with van der Waals surface area (Å²) in [6.07, 6.45) is 8.05. The average molecular weight is 391 g/mol. The van der Waals surface area contributed by atoms with Gasteiger partial charge in [-0.3, -0.25) is 0 Å². The Kier molecular flexibility index (Phi) is 4.59. The van der Waals surface area contributed by atoms with Crippen LogP contribution in [0.2, 0.25) is 5.02 Å². The van der Waals surface area contributed by atoms with Crippen molar-refractivity contribution in [3.63, 3.8) is 0 Å². The standard InChI is InChI=1S/C23H31ClO3/c1-15-9-10-20-17(7-3-5-16-6-4-8-18(24)13-16)14-25-21-23(20)19(15)11-12-22(2,26-21)27-23/h4,6,8,13,15,17,19-21H,3,5,7,9-12,14H2,1-2H3/t15-,17+,19+,20+,21-,22-,23-/m1/s1. The van der Waals surface area contributed by atoms with Gasteiger partial charge in [0.05, 0.1) is 6.61 Å². The third kappa shape index (κ3) is 2.97. The molecule has 3 heterocycles. The van der Waals surface area contributed by atoms with E-state index in [1.807, 2.05) is 12.1 Å². The van der Waals surface area contributed by atoms with Gasteiger partial charge >= 0.3 is 0 Å². The van der Waals surface area contributed by atoms with E-state index in [2.05, 4.69) is 26.0 Å². The Morgan fingerprint density at radius 3 is 2.93 bits per heavy atom. The van der Waals surface area contributed by atoms with E-state index in [9.17, 15) is 0 Å². The number of fused-ring (bicyclic) bond motifs is 1. The van der Waals surface area contributed by atoms with Crippen LogP contribution in [-0.2, 0) is 20.6 Å². The third-order valence-corrected chi connectivity index (χ3v) is 8.00. The molecule has 4 heteroatoms. The van der Waals surface area contributed by atoms with Crippen LogP contribution < -0.4 is 0 Å². The molecule has 0 amide bonds. The van der Waals surface area contributed by atoms with E-state index < -0.39 is 5.79 Å². The zero-order valence-corrected chi connectivity index (χ0v) is 17.2. The second-order valence-corrected chi connectivity index (χ2v) is 9.90. The van der Waals surface area contributed by atoms with Crippen molar-refractivity contribution < 1.29 is 14.2 Å². The largest absolute Gasteiger partial charge is 0.349 e. The van der Waals surface area contributed by atoms with Crippen molar-refractivity contribution in [1.29, 1.82) is 0 Å². The monoisotopic (exact) mass is 390 g/mol. The summed E-state index contributed by atoms with van der Waals surface area (Å²) in [5.41, 5.74) is 1.13. The SMILES string of the molecule is C[C@@H]1CC[C@H]2[C@@H](CCCc3cccc(Cl)c3)CO[C@@H]3O[C@@]4(C)CC[C@@H]1[C@]32O4. The Labute approximate surface area is 167 Å². The van der Waals surface area contributed by atoms with Crippen LogP contribution >= 0.6 is 11.6 Å². The first-order chi connectivity index (χ1) is 13.0. The number of hydrogen-bond acceptors (Lipinski definition) is 3. The van der Waals surface area contributed by atoms with Crippen LogP contribution in [0.15, 0.2) is 24.3 Å². The van der Waals surface area contributed by atoms with Gasteiger partial charge in [0.2, 0.25) is 0 Å². The number of rotatable bonds is 4. The average Bonchev–Trinajstić information content (AvgIpc) is 2.86. The third-order valence-electron chi connectivity index (χ3n) is 7.77. The molecule has 3 aliphatic heterocycles. The minimum atomic E-state index is -0.438. The molecule has 4 aliphatic rings. The fourth-order valence-corrected chi connectivity index (χ4v) is 6.75. The lowest BCUT2D eigenvalue weighted by atomic mass is 9.57. The van der Waals surface area contributed by atoms with E-state index in [-0.39, 0.29) is 11.9 Å². The van der Waals surface area contributed by atoms with E-state index in [1.165, 1.54) is 37.7 Å². The van der Waals surface area contributed by atoms with Crippen LogP contribution in [0.1, 0.15) is 57.9 Å². The van der Waals surface area contributed by atoms with Gasteiger partial charge in [0.25, 0.3) is 0 Å². The number of ether oxygens (including phenoxy) is 3. The van der Waals surface area contributed by atoms with Gasteiger partial charge in [0.1, 0.15) is 5.60 Å². The normalized spacial score (nSPS) is 45.5. The molecule has 3 saturated heterocycles. The van der Waals surface area contributed by atoms with Crippen LogP contribution in [-0.4, -0.2) is 24.3 Å². The van der Waals surface area contributed by atoms with Crippen LogP contribution in [0.4, 0.5) is 0 Å². The Hall–Kier alpha value is -0.610. The molecular formula is C23H31ClO3. The molecule has 0 unspecified atom stereocenters. The first-order valence-corrected chi connectivity index (χ1v) is 11.1. The summed E-state index contributed by atoms with van der Waals surface area (Å²) >= 11 is 6.14. The van der Waals surface area contributed by atoms with Crippen LogP contribution in [0.25, 0.3) is 0 Å². The molecule has 27 heavy (non-hydrogen) atoms. The molecule has 0 radical (unpaired) electrons. The van der Waals surface area contributed by atoms with Crippen molar-refractivity contribution in [2.45, 2.75) is 76.5 Å². The van der Waals surface area contributed by atoms with Crippen LogP contribution in [0.3, 0.4) is 0 Å². The fraction of sp³-hybridized carbons (Fsp3) is 0.739. The Bertz CT molecular complexity index is 709. The molecule has 0 N–H and O–H groups in total. The van der Waals surface area contributed by atoms with Gasteiger partial charge < -0.3 is 14.2 Å². The lowest BCUT2D eigenvalue weighted by molar-refractivity contribution is -0.273. The van der Waals surface area contributed by atoms with Crippen molar-refractivity contribution in [3.05, 3.63) is 34.9 Å². The maximum Gasteiger partial charge on any atom is 0.190 e. The maximum absolute atomic E-state index is 6.76. The van der Waals surface area contributed by atoms with Crippen LogP contribution in [0, 0.1) is 23.7 Å². The van der Waals surface area contributed by atoms with Gasteiger partial charge in [0.15, 0.2) is 12.1 Å². The van der Waals surface area contributed by atoms with Gasteiger partial charge in [0, 0.05) is 11.4 Å². The number of aryl methyl sites for hydroxylation is 1. The van der Waals surface area contributed by atoms with E-state index in [0.717, 1.165) is 24.5 Å². The van der Waals surface area contributed by atoms with Crippen molar-refractivity contribution in [2.75, 3.05) is 6.61 Å². The molecule has 1 saturated carbocycles. The highest BCUT2D eigenvalue weighted by Gasteiger charge is 2.70. The maximum atomic E-state index is 6.76. The van der Waals surface area contributed by atoms with E-state index in [0.29, 0.717) is 23.7 Å². The molecule has 1 aromatic carbocycles. The first-order valence-electron chi connectivity index (χ1n) is 10.7. The van der Waals surface area contributed by atoms with E-state index in [4.69, 9.17) is 25.8 Å². The minimum absolute atomic E-state index is 0.160. The predicted octanol–water partition coefficient (Wildman–Crippen LogP) is 5.59. The van der Waals surface area contributed by atoms with Gasteiger partial charge in [-0.2, -0.15) is 0 Å². The second-order valence-electron chi connectivity index (χ2n) is 9.46. The lowest BCUT2D eigenvalue weighted by Crippen LogP contribution is -2.64. The first kappa shape index (κ1) is 18.4. The van der Waals surface area contributed by atoms with Crippen LogP contribution in [0.5, 0.6) is 0 Å². The molecule has 5 rings (SSSR count). The molecule has 4 fully saturated rings. The predicted molar refractivity (Wildman–Crippen MR) is 106 cm³/mol. The van der Waals surface area contributed by atoms with Crippen molar-refractivity contribution in [1.82, 2.24) is 0 Å². The summed E-state index contributed by atoms with van der Waals surface area (Å²) in [4.78, 5) is 0. The molecular weight excluding hydrogens is 360 g/mol. The highest BCUT2D eigenvalue weighted by atomic mass is 35.5. The molecule has 2 bridgehead atoms. The number of halogens is 1. The van der Waals surface area contributed by atoms with Gasteiger partial charge in [-0.05, 0) is 86.8 Å². The van der Waals surface area contributed by atoms with Gasteiger partial charge in [-0.15, -0.1) is 0 Å². The molecule has 148 valence electrons. The van der Waals surface area contributed by atoms with Gasteiger partial charge in [-0.25, -0.2) is 0 Å². The zero-order chi connectivity index (χ0) is 18.6. The quantitative estimate of drug-likeness (QED) is 0.670. The summed E-state index contributed by atoms with van der Waals surface area (Å²) in [7, 11) is 0. The zero-order valence-electron chi connectivity index (χ0n) is 16.5. The van der Waals surface area contributed by atoms with E-state index in [1.54, 1.807) is 0 Å². The van der Waals surface area contributed by atoms with Gasteiger partial charge in [-0.1, -0.05) is 30.7 Å². The Balaban J connectivity index is 1.33. The molecule has 1 aliphatic carbocycles. The second kappa shape index (κ2) is 6.73. The number of benzene rings is 1. The van der Waals surface area contributed by atoms with E-state index >= 15 is 0 Å². The minimum Gasteiger partial charge on any atom is -0.349 e. The molecule has 1 aromatic rings. The summed E-state index contributed by atoms with van der Waals surface area (Å²) in [5, 5.41) is 0.831. The van der Waals surface area contributed by atoms with Crippen molar-refractivity contribution in [3.8, 4) is 0 Å². The summed E-state index contributed by atoms with van der Waals surface area (Å²) in [5.74, 6) is 1.97. The fourth-order valence-electron chi connectivity index (χ4n) is 6.53. The topological polar surface area (TPSA) is 27.7 Å². The summed E-state index contributed by atoms with van der Waals surface area (Å²) < 4.78 is 19.4.